The van der Waals surface area contributed by atoms with Crippen LogP contribution in [0.4, 0.5) is 0 Å². The van der Waals surface area contributed by atoms with Crippen LogP contribution in [0.3, 0.4) is 0 Å². The number of hydrogen-bond acceptors (Lipinski definition) is 6. The van der Waals surface area contributed by atoms with Crippen LogP contribution < -0.4 is 19.5 Å². The molecule has 6 nitrogen and oxygen atoms in total. The van der Waals surface area contributed by atoms with Gasteiger partial charge in [-0.1, -0.05) is 0 Å². The van der Waals surface area contributed by atoms with Gasteiger partial charge in [0, 0.05) is 12.1 Å². The van der Waals surface area contributed by atoms with E-state index in [1.807, 2.05) is 0 Å². The van der Waals surface area contributed by atoms with Gasteiger partial charge in [0.1, 0.15) is 6.10 Å². The lowest BCUT2D eigenvalue weighted by Crippen LogP contribution is -2.29. The standard InChI is InChI=1S/C13H21NO5/c1-14-7-9(15)11(16)8-5-6-10(17-2)13(19-4)12(8)18-3/h5-6,9,11,14-16H,7H2,1-4H3. The van der Waals surface area contributed by atoms with Crippen molar-refractivity contribution in [3.63, 3.8) is 0 Å². The summed E-state index contributed by atoms with van der Waals surface area (Å²) in [6, 6.07) is 3.30. The fourth-order valence-corrected chi connectivity index (χ4v) is 1.89. The van der Waals surface area contributed by atoms with E-state index in [2.05, 4.69) is 5.32 Å². The van der Waals surface area contributed by atoms with Gasteiger partial charge in [0.05, 0.1) is 27.4 Å². The van der Waals surface area contributed by atoms with Gasteiger partial charge in [-0.2, -0.15) is 0 Å². The van der Waals surface area contributed by atoms with Crippen LogP contribution in [0.2, 0.25) is 0 Å². The van der Waals surface area contributed by atoms with Gasteiger partial charge in [0.2, 0.25) is 5.75 Å². The molecule has 1 rings (SSSR count). The topological polar surface area (TPSA) is 80.2 Å². The second kappa shape index (κ2) is 7.18. The third kappa shape index (κ3) is 3.28. The zero-order chi connectivity index (χ0) is 14.4. The van der Waals surface area contributed by atoms with Gasteiger partial charge in [-0.25, -0.2) is 0 Å². The van der Waals surface area contributed by atoms with E-state index in [4.69, 9.17) is 14.2 Å². The zero-order valence-corrected chi connectivity index (χ0v) is 11.6. The van der Waals surface area contributed by atoms with Crippen molar-refractivity contribution in [2.24, 2.45) is 0 Å². The highest BCUT2D eigenvalue weighted by Crippen LogP contribution is 2.42. The third-order valence-corrected chi connectivity index (χ3v) is 2.83. The molecule has 0 aromatic heterocycles. The highest BCUT2D eigenvalue weighted by atomic mass is 16.5. The molecule has 2 atom stereocenters. The molecule has 0 aliphatic heterocycles. The van der Waals surface area contributed by atoms with Crippen LogP contribution >= 0.6 is 0 Å². The Kier molecular flexibility index (Phi) is 5.88. The summed E-state index contributed by atoms with van der Waals surface area (Å²) in [5.74, 6) is 1.24. The van der Waals surface area contributed by atoms with Crippen LogP contribution in [0.15, 0.2) is 12.1 Å². The van der Waals surface area contributed by atoms with Gasteiger partial charge in [-0.3, -0.25) is 0 Å². The van der Waals surface area contributed by atoms with E-state index < -0.39 is 12.2 Å². The maximum absolute atomic E-state index is 10.1. The number of rotatable bonds is 7. The van der Waals surface area contributed by atoms with E-state index in [0.717, 1.165) is 0 Å². The average molecular weight is 271 g/mol. The van der Waals surface area contributed by atoms with Gasteiger partial charge < -0.3 is 29.7 Å². The van der Waals surface area contributed by atoms with E-state index in [1.165, 1.54) is 21.3 Å². The number of hydrogen-bond donors (Lipinski definition) is 3. The molecule has 0 bridgehead atoms. The number of benzene rings is 1. The van der Waals surface area contributed by atoms with Crippen molar-refractivity contribution in [2.75, 3.05) is 34.9 Å². The summed E-state index contributed by atoms with van der Waals surface area (Å²) in [6.45, 7) is 0.263. The molecule has 0 saturated carbocycles. The lowest BCUT2D eigenvalue weighted by atomic mass is 10.0. The number of aliphatic hydroxyl groups is 2. The maximum atomic E-state index is 10.1. The average Bonchev–Trinajstić information content (AvgIpc) is 2.44. The molecule has 1 aromatic carbocycles. The zero-order valence-electron chi connectivity index (χ0n) is 11.6. The lowest BCUT2D eigenvalue weighted by Gasteiger charge is -2.22. The molecule has 0 fully saturated rings. The molecule has 0 radical (unpaired) electrons. The second-order valence-electron chi connectivity index (χ2n) is 3.99. The minimum atomic E-state index is -1.08. The smallest absolute Gasteiger partial charge is 0.203 e. The summed E-state index contributed by atoms with van der Waals surface area (Å²) in [4.78, 5) is 0. The molecule has 1 aromatic rings. The molecule has 2 unspecified atom stereocenters. The highest BCUT2D eigenvalue weighted by Gasteiger charge is 2.25. The quantitative estimate of drug-likeness (QED) is 0.663. The van der Waals surface area contributed by atoms with E-state index in [1.54, 1.807) is 19.2 Å². The molecule has 19 heavy (non-hydrogen) atoms. The highest BCUT2D eigenvalue weighted by molar-refractivity contribution is 5.56. The first-order valence-electron chi connectivity index (χ1n) is 5.90. The van der Waals surface area contributed by atoms with Crippen molar-refractivity contribution in [2.45, 2.75) is 12.2 Å². The number of likely N-dealkylation sites (N-methyl/N-ethyl adjacent to an activating group) is 1. The summed E-state index contributed by atoms with van der Waals surface area (Å²) >= 11 is 0. The van der Waals surface area contributed by atoms with Crippen LogP contribution in [-0.4, -0.2) is 51.2 Å². The van der Waals surface area contributed by atoms with Crippen molar-refractivity contribution in [1.29, 1.82) is 0 Å². The second-order valence-corrected chi connectivity index (χ2v) is 3.99. The Morgan fingerprint density at radius 2 is 1.68 bits per heavy atom. The van der Waals surface area contributed by atoms with E-state index in [-0.39, 0.29) is 6.54 Å². The van der Waals surface area contributed by atoms with Crippen molar-refractivity contribution in [3.8, 4) is 17.2 Å². The molecule has 0 spiro atoms. The van der Waals surface area contributed by atoms with E-state index in [9.17, 15) is 10.2 Å². The van der Waals surface area contributed by atoms with Gasteiger partial charge in [-0.05, 0) is 19.2 Å². The normalized spacial score (nSPS) is 13.8. The SMILES string of the molecule is CNCC(O)C(O)c1ccc(OC)c(OC)c1OC. The molecule has 0 saturated heterocycles. The molecule has 108 valence electrons. The summed E-state index contributed by atoms with van der Waals surface area (Å²) < 4.78 is 15.7. The fraction of sp³-hybridized carbons (Fsp3) is 0.538. The Morgan fingerprint density at radius 3 is 2.16 bits per heavy atom. The Hall–Kier alpha value is -1.50. The van der Waals surface area contributed by atoms with Gasteiger partial charge in [0.25, 0.3) is 0 Å². The number of aliphatic hydroxyl groups excluding tert-OH is 2. The summed E-state index contributed by atoms with van der Waals surface area (Å²) in [5.41, 5.74) is 0.447. The maximum Gasteiger partial charge on any atom is 0.203 e. The predicted octanol–water partition coefficient (Wildman–Crippen LogP) is 0.326. The van der Waals surface area contributed by atoms with Gasteiger partial charge in [-0.15, -0.1) is 0 Å². The van der Waals surface area contributed by atoms with Crippen LogP contribution in [-0.2, 0) is 0 Å². The molecule has 0 heterocycles. The van der Waals surface area contributed by atoms with Crippen LogP contribution in [0, 0.1) is 0 Å². The summed E-state index contributed by atoms with van der Waals surface area (Å²) in [7, 11) is 6.17. The first-order valence-corrected chi connectivity index (χ1v) is 5.90. The van der Waals surface area contributed by atoms with Crippen molar-refractivity contribution < 1.29 is 24.4 Å². The summed E-state index contributed by atoms with van der Waals surface area (Å²) in [5, 5.41) is 22.8. The van der Waals surface area contributed by atoms with Crippen LogP contribution in [0.25, 0.3) is 0 Å². The van der Waals surface area contributed by atoms with Crippen molar-refractivity contribution >= 4 is 0 Å². The Balaban J connectivity index is 3.20. The monoisotopic (exact) mass is 271 g/mol. The van der Waals surface area contributed by atoms with Gasteiger partial charge in [0.15, 0.2) is 11.5 Å². The van der Waals surface area contributed by atoms with Crippen LogP contribution in [0.5, 0.6) is 17.2 Å². The molecular weight excluding hydrogens is 250 g/mol. The van der Waals surface area contributed by atoms with Crippen molar-refractivity contribution in [1.82, 2.24) is 5.32 Å². The number of nitrogens with one attached hydrogen (secondary N) is 1. The Morgan fingerprint density at radius 1 is 1.05 bits per heavy atom. The molecule has 0 amide bonds. The van der Waals surface area contributed by atoms with Crippen molar-refractivity contribution in [3.05, 3.63) is 17.7 Å². The summed E-state index contributed by atoms with van der Waals surface area (Å²) in [6.07, 6.45) is -2.03. The van der Waals surface area contributed by atoms with Gasteiger partial charge >= 0.3 is 0 Å². The lowest BCUT2D eigenvalue weighted by molar-refractivity contribution is 0.0186. The Labute approximate surface area is 112 Å². The third-order valence-electron chi connectivity index (χ3n) is 2.83. The molecule has 0 aliphatic carbocycles. The number of ether oxygens (including phenoxy) is 3. The minimum absolute atomic E-state index is 0.263. The largest absolute Gasteiger partial charge is 0.493 e. The fourth-order valence-electron chi connectivity index (χ4n) is 1.89. The van der Waals surface area contributed by atoms with Crippen LogP contribution in [0.1, 0.15) is 11.7 Å². The first kappa shape index (κ1) is 15.6. The van der Waals surface area contributed by atoms with E-state index >= 15 is 0 Å². The molecular formula is C13H21NO5. The number of methoxy groups -OCH3 is 3. The molecule has 0 aliphatic rings. The first-order chi connectivity index (χ1) is 9.10. The minimum Gasteiger partial charge on any atom is -0.493 e. The molecule has 6 heteroatoms. The molecule has 3 N–H and O–H groups in total. The van der Waals surface area contributed by atoms with E-state index in [0.29, 0.717) is 22.8 Å². The Bertz CT molecular complexity index is 410. The predicted molar refractivity (Wildman–Crippen MR) is 71.0 cm³/mol.